The minimum absolute atomic E-state index is 0.00137. The highest BCUT2D eigenvalue weighted by molar-refractivity contribution is 6.08. The molecule has 8 rings (SSSR count). The van der Waals surface area contributed by atoms with Crippen molar-refractivity contribution < 1.29 is 19.1 Å². The van der Waals surface area contributed by atoms with Crippen LogP contribution in [0.3, 0.4) is 0 Å². The van der Waals surface area contributed by atoms with Gasteiger partial charge in [-0.25, -0.2) is 0 Å². The summed E-state index contributed by atoms with van der Waals surface area (Å²) in [5.74, 6) is 0.550. The quantitative estimate of drug-likeness (QED) is 0.149. The highest BCUT2D eigenvalue weighted by Gasteiger charge is 2.33. The molecule has 0 bridgehead atoms. The number of rotatable bonds is 9. The summed E-state index contributed by atoms with van der Waals surface area (Å²) in [5, 5.41) is 0. The third kappa shape index (κ3) is 7.22. The van der Waals surface area contributed by atoms with Crippen LogP contribution in [0.1, 0.15) is 66.7 Å². The summed E-state index contributed by atoms with van der Waals surface area (Å²) in [4.78, 5) is 48.0. The molecule has 2 aliphatic rings. The molecule has 0 N–H and O–H groups in total. The van der Waals surface area contributed by atoms with Crippen LogP contribution >= 0.6 is 0 Å². The third-order valence-corrected chi connectivity index (χ3v) is 11.4. The van der Waals surface area contributed by atoms with Gasteiger partial charge in [-0.1, -0.05) is 84.9 Å². The standard InChI is InChI=1S/C48H46N4O4/c1-32-23-36-17-11-12-18-37(36)30-52(32)48(55)44-26-39-29-51(46(53)24-34-13-7-5-8-14-34)28-38(39)25-43(44)45-27-42(33(2)49(45)3)47(54)50(4)40-19-21-41(22-20-40)56-31-35-15-9-6-10-16-35/h5-22,25-27,32H,23-24,28-31H2,1-4H3/t32-/m1/s1. The van der Waals surface area contributed by atoms with Gasteiger partial charge in [0, 0.05) is 68.0 Å². The summed E-state index contributed by atoms with van der Waals surface area (Å²) in [6.45, 7) is 5.92. The lowest BCUT2D eigenvalue weighted by molar-refractivity contribution is -0.131. The highest BCUT2D eigenvalue weighted by atomic mass is 16.5. The zero-order valence-corrected chi connectivity index (χ0v) is 32.4. The first-order chi connectivity index (χ1) is 27.1. The number of ether oxygens (including phenoxy) is 1. The molecular weight excluding hydrogens is 697 g/mol. The molecule has 2 aliphatic heterocycles. The molecule has 8 heteroatoms. The number of benzene rings is 5. The zero-order valence-electron chi connectivity index (χ0n) is 32.4. The topological polar surface area (TPSA) is 75.1 Å². The van der Waals surface area contributed by atoms with Crippen molar-refractivity contribution in [3.05, 3.63) is 178 Å². The Bertz CT molecular complexity index is 2420. The second-order valence-electron chi connectivity index (χ2n) is 15.1. The van der Waals surface area contributed by atoms with Gasteiger partial charge < -0.3 is 24.0 Å². The van der Waals surface area contributed by atoms with Gasteiger partial charge in [0.1, 0.15) is 12.4 Å². The molecule has 56 heavy (non-hydrogen) atoms. The molecule has 0 aliphatic carbocycles. The van der Waals surface area contributed by atoms with E-state index in [-0.39, 0.29) is 23.8 Å². The SMILES string of the molecule is Cc1c(C(=O)N(C)c2ccc(OCc3ccccc3)cc2)cc(-c2cc3c(cc2C(=O)N2Cc4ccccc4C[C@H]2C)CN(C(=O)Cc2ccccc2)C3)n1C. The van der Waals surface area contributed by atoms with Crippen molar-refractivity contribution in [1.29, 1.82) is 0 Å². The number of carbonyl (C=O) groups excluding carboxylic acids is 3. The number of nitrogens with zero attached hydrogens (tertiary/aromatic N) is 4. The molecule has 0 radical (unpaired) electrons. The number of amides is 3. The minimum atomic E-state index is -0.157. The number of anilines is 1. The van der Waals surface area contributed by atoms with E-state index >= 15 is 0 Å². The molecule has 0 saturated carbocycles. The van der Waals surface area contributed by atoms with Crippen molar-refractivity contribution >= 4 is 23.4 Å². The Kier molecular flexibility index (Phi) is 10.0. The highest BCUT2D eigenvalue weighted by Crippen LogP contribution is 2.37. The fourth-order valence-corrected chi connectivity index (χ4v) is 7.98. The average Bonchev–Trinajstić information content (AvgIpc) is 3.79. The summed E-state index contributed by atoms with van der Waals surface area (Å²) >= 11 is 0. The Morgan fingerprint density at radius 1 is 0.714 bits per heavy atom. The molecule has 3 heterocycles. The zero-order chi connectivity index (χ0) is 38.9. The second kappa shape index (κ2) is 15.4. The van der Waals surface area contributed by atoms with Gasteiger partial charge in [-0.05, 0) is 96.1 Å². The number of hydrogen-bond acceptors (Lipinski definition) is 4. The van der Waals surface area contributed by atoms with Crippen LogP contribution < -0.4 is 9.64 Å². The van der Waals surface area contributed by atoms with E-state index in [1.54, 1.807) is 11.9 Å². The first kappa shape index (κ1) is 36.6. The van der Waals surface area contributed by atoms with Gasteiger partial charge in [-0.2, -0.15) is 0 Å². The van der Waals surface area contributed by atoms with Gasteiger partial charge in [0.05, 0.1) is 12.0 Å². The van der Waals surface area contributed by atoms with Crippen LogP contribution in [0.15, 0.2) is 127 Å². The van der Waals surface area contributed by atoms with Crippen LogP contribution in [0, 0.1) is 6.92 Å². The molecular formula is C48H46N4O4. The Morgan fingerprint density at radius 2 is 1.34 bits per heavy atom. The average molecular weight is 743 g/mol. The molecule has 0 unspecified atom stereocenters. The van der Waals surface area contributed by atoms with Gasteiger partial charge in [0.2, 0.25) is 5.91 Å². The van der Waals surface area contributed by atoms with E-state index in [1.165, 1.54) is 5.56 Å². The van der Waals surface area contributed by atoms with Crippen molar-refractivity contribution in [2.45, 2.75) is 59.0 Å². The largest absolute Gasteiger partial charge is 0.489 e. The van der Waals surface area contributed by atoms with Crippen molar-refractivity contribution in [1.82, 2.24) is 14.4 Å². The van der Waals surface area contributed by atoms with Gasteiger partial charge >= 0.3 is 0 Å². The third-order valence-electron chi connectivity index (χ3n) is 11.4. The van der Waals surface area contributed by atoms with E-state index in [1.807, 2.05) is 131 Å². The molecule has 0 saturated heterocycles. The molecule has 5 aromatic carbocycles. The van der Waals surface area contributed by atoms with Crippen LogP contribution in [-0.2, 0) is 50.9 Å². The predicted octanol–water partition coefficient (Wildman–Crippen LogP) is 8.53. The first-order valence-electron chi connectivity index (χ1n) is 19.2. The lowest BCUT2D eigenvalue weighted by Crippen LogP contribution is -2.42. The van der Waals surface area contributed by atoms with Crippen LogP contribution in [0.25, 0.3) is 11.3 Å². The lowest BCUT2D eigenvalue weighted by atomic mass is 9.92. The van der Waals surface area contributed by atoms with Crippen molar-refractivity contribution in [2.75, 3.05) is 11.9 Å². The molecule has 282 valence electrons. The molecule has 1 atom stereocenters. The fourth-order valence-electron chi connectivity index (χ4n) is 7.98. The van der Waals surface area contributed by atoms with E-state index in [9.17, 15) is 14.4 Å². The smallest absolute Gasteiger partial charge is 0.259 e. The fraction of sp³-hybridized carbons (Fsp3) is 0.229. The van der Waals surface area contributed by atoms with Gasteiger partial charge in [0.15, 0.2) is 0 Å². The normalized spacial score (nSPS) is 14.6. The number of carbonyl (C=O) groups is 3. The molecule has 1 aromatic heterocycles. The minimum Gasteiger partial charge on any atom is -0.489 e. The van der Waals surface area contributed by atoms with E-state index in [4.69, 9.17) is 4.74 Å². The van der Waals surface area contributed by atoms with Crippen LogP contribution in [0.2, 0.25) is 0 Å². The summed E-state index contributed by atoms with van der Waals surface area (Å²) in [5.41, 5.74) is 10.6. The lowest BCUT2D eigenvalue weighted by Gasteiger charge is -2.35. The van der Waals surface area contributed by atoms with Crippen LogP contribution in [0.5, 0.6) is 5.75 Å². The van der Waals surface area contributed by atoms with Gasteiger partial charge in [-0.3, -0.25) is 14.4 Å². The Balaban J connectivity index is 1.10. The number of aromatic nitrogens is 1. The Hall–Kier alpha value is -6.41. The predicted molar refractivity (Wildman–Crippen MR) is 219 cm³/mol. The van der Waals surface area contributed by atoms with Crippen LogP contribution in [0.4, 0.5) is 5.69 Å². The summed E-state index contributed by atoms with van der Waals surface area (Å²) in [6.07, 6.45) is 1.09. The van der Waals surface area contributed by atoms with E-state index in [0.29, 0.717) is 43.8 Å². The number of hydrogen-bond donors (Lipinski definition) is 0. The van der Waals surface area contributed by atoms with Crippen molar-refractivity contribution in [2.24, 2.45) is 7.05 Å². The number of fused-ring (bicyclic) bond motifs is 2. The monoisotopic (exact) mass is 742 g/mol. The van der Waals surface area contributed by atoms with E-state index < -0.39 is 0 Å². The van der Waals surface area contributed by atoms with Gasteiger partial charge in [0.25, 0.3) is 11.8 Å². The molecule has 0 fully saturated rings. The Morgan fingerprint density at radius 3 is 2.04 bits per heavy atom. The van der Waals surface area contributed by atoms with E-state index in [2.05, 4.69) is 31.2 Å². The second-order valence-corrected chi connectivity index (χ2v) is 15.1. The van der Waals surface area contributed by atoms with Crippen molar-refractivity contribution in [3.8, 4) is 17.0 Å². The summed E-state index contributed by atoms with van der Waals surface area (Å²) in [6, 6.07) is 41.6. The maximum Gasteiger partial charge on any atom is 0.259 e. The molecule has 6 aromatic rings. The maximum atomic E-state index is 14.8. The Labute approximate surface area is 328 Å². The molecule has 8 nitrogen and oxygen atoms in total. The summed E-state index contributed by atoms with van der Waals surface area (Å²) in [7, 11) is 3.71. The van der Waals surface area contributed by atoms with Gasteiger partial charge in [-0.15, -0.1) is 0 Å². The van der Waals surface area contributed by atoms with Crippen molar-refractivity contribution in [3.63, 3.8) is 0 Å². The van der Waals surface area contributed by atoms with Crippen LogP contribution in [-0.4, -0.2) is 45.2 Å². The van der Waals surface area contributed by atoms with E-state index in [0.717, 1.165) is 62.6 Å². The first-order valence-corrected chi connectivity index (χ1v) is 19.2. The molecule has 3 amide bonds. The summed E-state index contributed by atoms with van der Waals surface area (Å²) < 4.78 is 7.98. The molecule has 0 spiro atoms. The maximum absolute atomic E-state index is 14.8.